The molecule has 0 aliphatic rings. The molecule has 0 bridgehead atoms. The summed E-state index contributed by atoms with van der Waals surface area (Å²) in [5.74, 6) is -3.63. The molecule has 1 unspecified atom stereocenters. The van der Waals surface area contributed by atoms with Gasteiger partial charge in [-0.2, -0.15) is 8.78 Å². The van der Waals surface area contributed by atoms with Gasteiger partial charge in [0.05, 0.1) is 6.42 Å². The third kappa shape index (κ3) is 4.23. The molecule has 0 radical (unpaired) electrons. The second-order valence-electron chi connectivity index (χ2n) is 5.46. The smallest absolute Gasteiger partial charge is 0.298 e. The number of benzene rings is 2. The van der Waals surface area contributed by atoms with E-state index in [-0.39, 0.29) is 17.9 Å². The van der Waals surface area contributed by atoms with Crippen molar-refractivity contribution in [1.82, 2.24) is 0 Å². The summed E-state index contributed by atoms with van der Waals surface area (Å²) in [5.41, 5.74) is 1.32. The van der Waals surface area contributed by atoms with Crippen molar-refractivity contribution >= 4 is 17.9 Å². The average Bonchev–Trinajstić information content (AvgIpc) is 2.56. The molecule has 2 rings (SSSR count). The van der Waals surface area contributed by atoms with Gasteiger partial charge in [-0.25, -0.2) is 0 Å². The van der Waals surface area contributed by atoms with Crippen molar-refractivity contribution in [3.05, 3.63) is 65.2 Å². The molecule has 126 valence electrons. The Morgan fingerprint density at radius 2 is 1.75 bits per heavy atom. The van der Waals surface area contributed by atoms with E-state index in [1.54, 1.807) is 24.3 Å². The van der Waals surface area contributed by atoms with Crippen molar-refractivity contribution in [3.63, 3.8) is 0 Å². The van der Waals surface area contributed by atoms with E-state index in [0.717, 1.165) is 6.92 Å². The summed E-state index contributed by atoms with van der Waals surface area (Å²) < 4.78 is 27.3. The lowest BCUT2D eigenvalue weighted by atomic mass is 10.0. The molecule has 4 nitrogen and oxygen atoms in total. The van der Waals surface area contributed by atoms with Crippen LogP contribution in [0.1, 0.15) is 28.4 Å². The summed E-state index contributed by atoms with van der Waals surface area (Å²) in [4.78, 5) is 22.5. The first kappa shape index (κ1) is 17.7. The average molecular weight is 333 g/mol. The van der Waals surface area contributed by atoms with Gasteiger partial charge >= 0.3 is 0 Å². The molecule has 0 fully saturated rings. The minimum Gasteiger partial charge on any atom is -0.387 e. The fourth-order valence-corrected chi connectivity index (χ4v) is 2.12. The van der Waals surface area contributed by atoms with Crippen molar-refractivity contribution in [2.45, 2.75) is 25.4 Å². The number of rotatable bonds is 6. The molecule has 0 aromatic heterocycles. The summed E-state index contributed by atoms with van der Waals surface area (Å²) in [6, 6.07) is 11.6. The van der Waals surface area contributed by atoms with Gasteiger partial charge < -0.3 is 10.4 Å². The molecule has 1 atom stereocenters. The van der Waals surface area contributed by atoms with Gasteiger partial charge in [0.1, 0.15) is 12.4 Å². The normalized spacial score (nSPS) is 12.5. The monoisotopic (exact) mass is 333 g/mol. The van der Waals surface area contributed by atoms with Crippen LogP contribution in [0.15, 0.2) is 48.5 Å². The Balaban J connectivity index is 2.00. The number of nitrogens with one attached hydrogen (secondary N) is 1. The fourth-order valence-electron chi connectivity index (χ4n) is 2.12. The number of alkyl halides is 2. The summed E-state index contributed by atoms with van der Waals surface area (Å²) in [6.07, 6.45) is -1.06. The van der Waals surface area contributed by atoms with Crippen LogP contribution in [0.2, 0.25) is 0 Å². The van der Waals surface area contributed by atoms with E-state index in [0.29, 0.717) is 23.1 Å². The summed E-state index contributed by atoms with van der Waals surface area (Å²) in [6.45, 7) is 1.03. The van der Waals surface area contributed by atoms with E-state index < -0.39 is 12.0 Å². The number of anilines is 1. The largest absolute Gasteiger partial charge is 0.387 e. The zero-order chi connectivity index (χ0) is 17.7. The van der Waals surface area contributed by atoms with Gasteiger partial charge in [-0.05, 0) is 36.8 Å². The van der Waals surface area contributed by atoms with Crippen LogP contribution in [0, 0.1) is 0 Å². The maximum Gasteiger partial charge on any atom is 0.298 e. The van der Waals surface area contributed by atoms with E-state index in [1.807, 2.05) is 0 Å². The molecular formula is C18H17F2NO3. The van der Waals surface area contributed by atoms with E-state index >= 15 is 0 Å². The SMILES string of the molecule is CC(O)C(F)(F)c1ccc(CC(=O)Nc2ccc(C=O)cc2)cc1. The van der Waals surface area contributed by atoms with Crippen molar-refractivity contribution in [2.75, 3.05) is 5.32 Å². The molecule has 2 aromatic rings. The third-order valence-corrected chi connectivity index (χ3v) is 3.56. The molecule has 2 aromatic carbocycles. The summed E-state index contributed by atoms with van der Waals surface area (Å²) in [7, 11) is 0. The van der Waals surface area contributed by atoms with Crippen molar-refractivity contribution < 1.29 is 23.5 Å². The number of carbonyl (C=O) groups excluding carboxylic acids is 2. The number of aldehydes is 1. The Labute approximate surface area is 138 Å². The minimum absolute atomic E-state index is 0.0238. The maximum absolute atomic E-state index is 13.7. The van der Waals surface area contributed by atoms with Gasteiger partial charge in [0, 0.05) is 16.8 Å². The molecule has 24 heavy (non-hydrogen) atoms. The Morgan fingerprint density at radius 1 is 1.17 bits per heavy atom. The summed E-state index contributed by atoms with van der Waals surface area (Å²) >= 11 is 0. The van der Waals surface area contributed by atoms with E-state index in [1.165, 1.54) is 24.3 Å². The van der Waals surface area contributed by atoms with Gasteiger partial charge in [-0.1, -0.05) is 24.3 Å². The number of halogens is 2. The van der Waals surface area contributed by atoms with Gasteiger partial charge in [0.2, 0.25) is 5.91 Å². The zero-order valence-electron chi connectivity index (χ0n) is 13.0. The van der Waals surface area contributed by atoms with Crippen LogP contribution < -0.4 is 5.32 Å². The topological polar surface area (TPSA) is 66.4 Å². The van der Waals surface area contributed by atoms with Crippen LogP contribution in [0.25, 0.3) is 0 Å². The van der Waals surface area contributed by atoms with Crippen LogP contribution in [-0.2, 0) is 17.1 Å². The molecule has 0 aliphatic carbocycles. The van der Waals surface area contributed by atoms with Crippen molar-refractivity contribution in [1.29, 1.82) is 0 Å². The molecule has 0 saturated heterocycles. The fraction of sp³-hybridized carbons (Fsp3) is 0.222. The first-order chi connectivity index (χ1) is 11.3. The number of hydrogen-bond acceptors (Lipinski definition) is 3. The van der Waals surface area contributed by atoms with Crippen LogP contribution in [0.5, 0.6) is 0 Å². The second kappa shape index (κ2) is 7.31. The summed E-state index contributed by atoms with van der Waals surface area (Å²) in [5, 5.41) is 11.8. The quantitative estimate of drug-likeness (QED) is 0.798. The van der Waals surface area contributed by atoms with Crippen LogP contribution >= 0.6 is 0 Å². The number of hydrogen-bond donors (Lipinski definition) is 2. The molecule has 0 saturated carbocycles. The van der Waals surface area contributed by atoms with Gasteiger partial charge in [0.15, 0.2) is 0 Å². The molecule has 1 amide bonds. The predicted octanol–water partition coefficient (Wildman–Crippen LogP) is 3.15. The zero-order valence-corrected chi connectivity index (χ0v) is 13.0. The first-order valence-electron chi connectivity index (χ1n) is 7.33. The highest BCUT2D eigenvalue weighted by molar-refractivity contribution is 5.92. The van der Waals surface area contributed by atoms with Gasteiger partial charge in [0.25, 0.3) is 5.92 Å². The minimum atomic E-state index is -3.33. The maximum atomic E-state index is 13.7. The molecule has 2 N–H and O–H groups in total. The lowest BCUT2D eigenvalue weighted by molar-refractivity contribution is -0.115. The highest BCUT2D eigenvalue weighted by Gasteiger charge is 2.37. The lowest BCUT2D eigenvalue weighted by Gasteiger charge is -2.19. The molecule has 0 aliphatic heterocycles. The van der Waals surface area contributed by atoms with Crippen LogP contribution in [-0.4, -0.2) is 23.4 Å². The third-order valence-electron chi connectivity index (χ3n) is 3.56. The van der Waals surface area contributed by atoms with E-state index in [2.05, 4.69) is 5.32 Å². The standard InChI is InChI=1S/C18H17F2NO3/c1-12(23)18(19,20)15-6-2-13(3-7-15)10-17(24)21-16-8-4-14(11-22)5-9-16/h2-9,11-12,23H,10H2,1H3,(H,21,24). The van der Waals surface area contributed by atoms with Crippen LogP contribution in [0.4, 0.5) is 14.5 Å². The van der Waals surface area contributed by atoms with Crippen molar-refractivity contribution in [2.24, 2.45) is 0 Å². The van der Waals surface area contributed by atoms with Gasteiger partial charge in [-0.15, -0.1) is 0 Å². The first-order valence-corrected chi connectivity index (χ1v) is 7.33. The highest BCUT2D eigenvalue weighted by atomic mass is 19.3. The highest BCUT2D eigenvalue weighted by Crippen LogP contribution is 2.31. The van der Waals surface area contributed by atoms with Crippen molar-refractivity contribution in [3.8, 4) is 0 Å². The Morgan fingerprint density at radius 3 is 2.25 bits per heavy atom. The molecule has 0 spiro atoms. The van der Waals surface area contributed by atoms with Crippen LogP contribution in [0.3, 0.4) is 0 Å². The number of amides is 1. The molecule has 0 heterocycles. The molecular weight excluding hydrogens is 316 g/mol. The van der Waals surface area contributed by atoms with E-state index in [4.69, 9.17) is 5.11 Å². The molecule has 6 heteroatoms. The van der Waals surface area contributed by atoms with Gasteiger partial charge in [-0.3, -0.25) is 9.59 Å². The number of aliphatic hydroxyl groups excluding tert-OH is 1. The number of aliphatic hydroxyl groups is 1. The Kier molecular flexibility index (Phi) is 5.41. The second-order valence-corrected chi connectivity index (χ2v) is 5.46. The number of carbonyl (C=O) groups is 2. The Bertz CT molecular complexity index is 710. The Hall–Kier alpha value is -2.60. The lowest BCUT2D eigenvalue weighted by Crippen LogP contribution is -2.27. The van der Waals surface area contributed by atoms with E-state index in [9.17, 15) is 18.4 Å². The predicted molar refractivity (Wildman–Crippen MR) is 86.2 cm³/mol.